The molecule has 1 atom stereocenters. The molecule has 2 aromatic carbocycles. The van der Waals surface area contributed by atoms with E-state index in [0.717, 1.165) is 16.8 Å². The molecule has 3 rings (SSSR count). The van der Waals surface area contributed by atoms with E-state index in [-0.39, 0.29) is 11.8 Å². The van der Waals surface area contributed by atoms with Gasteiger partial charge in [0, 0.05) is 6.42 Å². The summed E-state index contributed by atoms with van der Waals surface area (Å²) in [7, 11) is 4.64. The molecule has 0 spiro atoms. The van der Waals surface area contributed by atoms with Gasteiger partial charge in [-0.3, -0.25) is 4.79 Å². The van der Waals surface area contributed by atoms with Gasteiger partial charge in [-0.15, -0.1) is 0 Å². The molecule has 0 saturated heterocycles. The van der Waals surface area contributed by atoms with E-state index < -0.39 is 0 Å². The summed E-state index contributed by atoms with van der Waals surface area (Å²) in [6.45, 7) is 0. The van der Waals surface area contributed by atoms with Crippen molar-refractivity contribution in [1.82, 2.24) is 5.01 Å². The number of carbonyl (C=O) groups excluding carboxylic acids is 1. The molecule has 0 unspecified atom stereocenters. The summed E-state index contributed by atoms with van der Waals surface area (Å²) in [6, 6.07) is 10.1. The molecule has 7 nitrogen and oxygen atoms in total. The van der Waals surface area contributed by atoms with Crippen LogP contribution in [0.5, 0.6) is 23.0 Å². The maximum atomic E-state index is 11.5. The number of rotatable bonds is 6. The predicted octanol–water partition coefficient (Wildman–Crippen LogP) is 2.73. The van der Waals surface area contributed by atoms with Gasteiger partial charge in [0.1, 0.15) is 5.75 Å². The SMILES string of the molecule is COc1cc([C@@H]2CC(c3ccc(O)cc3)=NN2C=O)cc(OC)c1OC. The molecule has 136 valence electrons. The minimum Gasteiger partial charge on any atom is -0.508 e. The minimum absolute atomic E-state index is 0.181. The van der Waals surface area contributed by atoms with Gasteiger partial charge in [-0.25, -0.2) is 5.01 Å². The van der Waals surface area contributed by atoms with Crippen molar-refractivity contribution in [1.29, 1.82) is 0 Å². The third-order valence-electron chi connectivity index (χ3n) is 4.32. The van der Waals surface area contributed by atoms with E-state index >= 15 is 0 Å². The Hall–Kier alpha value is -3.22. The minimum atomic E-state index is -0.287. The first-order chi connectivity index (χ1) is 12.6. The molecule has 0 aliphatic carbocycles. The van der Waals surface area contributed by atoms with E-state index in [1.54, 1.807) is 45.6 Å². The molecule has 1 aliphatic rings. The molecule has 0 saturated carbocycles. The molecule has 7 heteroatoms. The van der Waals surface area contributed by atoms with Gasteiger partial charge in [0.25, 0.3) is 0 Å². The van der Waals surface area contributed by atoms with Crippen molar-refractivity contribution in [2.24, 2.45) is 5.10 Å². The number of hydrogen-bond donors (Lipinski definition) is 1. The number of benzene rings is 2. The lowest BCUT2D eigenvalue weighted by atomic mass is 9.98. The van der Waals surface area contributed by atoms with Crippen LogP contribution >= 0.6 is 0 Å². The Morgan fingerprint density at radius 1 is 1.08 bits per heavy atom. The summed E-state index contributed by atoms with van der Waals surface area (Å²) < 4.78 is 16.1. The van der Waals surface area contributed by atoms with Gasteiger partial charge in [0.15, 0.2) is 11.5 Å². The predicted molar refractivity (Wildman–Crippen MR) is 96.0 cm³/mol. The zero-order valence-electron chi connectivity index (χ0n) is 14.8. The average Bonchev–Trinajstić information content (AvgIpc) is 3.11. The van der Waals surface area contributed by atoms with Crippen LogP contribution in [-0.2, 0) is 4.79 Å². The van der Waals surface area contributed by atoms with Gasteiger partial charge >= 0.3 is 0 Å². The second-order valence-electron chi connectivity index (χ2n) is 5.76. The molecule has 2 aromatic rings. The summed E-state index contributed by atoms with van der Waals surface area (Å²) in [5.41, 5.74) is 2.43. The second kappa shape index (κ2) is 7.35. The first kappa shape index (κ1) is 17.6. The molecule has 1 aliphatic heterocycles. The standard InChI is InChI=1S/C19H20N2O5/c1-24-17-8-13(9-18(25-2)19(17)26-3)16-10-15(20-21(16)11-22)12-4-6-14(23)7-5-12/h4-9,11,16,23H,10H2,1-3H3/t16-/m0/s1. The number of methoxy groups -OCH3 is 3. The third-order valence-corrected chi connectivity index (χ3v) is 4.32. The Balaban J connectivity index is 1.97. The molecule has 1 N–H and O–H groups in total. The molecule has 1 heterocycles. The van der Waals surface area contributed by atoms with E-state index in [0.29, 0.717) is 30.1 Å². The number of hydrazone groups is 1. The highest BCUT2D eigenvalue weighted by molar-refractivity contribution is 6.02. The third kappa shape index (κ3) is 3.15. The Morgan fingerprint density at radius 3 is 2.19 bits per heavy atom. The fourth-order valence-electron chi connectivity index (χ4n) is 3.02. The largest absolute Gasteiger partial charge is 0.508 e. The Bertz CT molecular complexity index is 807. The van der Waals surface area contributed by atoms with Gasteiger partial charge in [-0.05, 0) is 47.5 Å². The molecular weight excluding hydrogens is 336 g/mol. The van der Waals surface area contributed by atoms with E-state index in [4.69, 9.17) is 14.2 Å². The van der Waals surface area contributed by atoms with E-state index in [2.05, 4.69) is 5.10 Å². The molecule has 0 bridgehead atoms. The topological polar surface area (TPSA) is 80.6 Å². The van der Waals surface area contributed by atoms with Crippen molar-refractivity contribution in [2.45, 2.75) is 12.5 Å². The van der Waals surface area contributed by atoms with Crippen LogP contribution in [0.4, 0.5) is 0 Å². The zero-order chi connectivity index (χ0) is 18.7. The summed E-state index contributed by atoms with van der Waals surface area (Å²) in [6.07, 6.45) is 1.23. The Morgan fingerprint density at radius 2 is 1.69 bits per heavy atom. The zero-order valence-corrected chi connectivity index (χ0v) is 14.8. The normalized spacial score (nSPS) is 16.2. The number of hydrogen-bond acceptors (Lipinski definition) is 6. The number of nitrogens with zero attached hydrogens (tertiary/aromatic N) is 2. The van der Waals surface area contributed by atoms with Crippen LogP contribution in [0.15, 0.2) is 41.5 Å². The van der Waals surface area contributed by atoms with E-state index in [9.17, 15) is 9.90 Å². The quantitative estimate of drug-likeness (QED) is 0.805. The number of carbonyl (C=O) groups is 1. The second-order valence-corrected chi connectivity index (χ2v) is 5.76. The molecule has 0 fully saturated rings. The van der Waals surface area contributed by atoms with Gasteiger partial charge in [-0.1, -0.05) is 0 Å². The van der Waals surface area contributed by atoms with Crippen LogP contribution < -0.4 is 14.2 Å². The van der Waals surface area contributed by atoms with Gasteiger partial charge in [0.05, 0.1) is 33.1 Å². The van der Waals surface area contributed by atoms with Crippen LogP contribution in [0.25, 0.3) is 0 Å². The summed E-state index contributed by atoms with van der Waals surface area (Å²) in [4.78, 5) is 11.5. The number of phenolic OH excluding ortho intramolecular Hbond substituents is 1. The first-order valence-corrected chi connectivity index (χ1v) is 8.01. The fourth-order valence-corrected chi connectivity index (χ4v) is 3.02. The summed E-state index contributed by atoms with van der Waals surface area (Å²) >= 11 is 0. The lowest BCUT2D eigenvalue weighted by Crippen LogP contribution is -2.17. The highest BCUT2D eigenvalue weighted by atomic mass is 16.5. The fraction of sp³-hybridized carbons (Fsp3) is 0.263. The summed E-state index contributed by atoms with van der Waals surface area (Å²) in [5.74, 6) is 1.71. The highest BCUT2D eigenvalue weighted by Gasteiger charge is 2.30. The number of aromatic hydroxyl groups is 1. The number of ether oxygens (including phenoxy) is 3. The van der Waals surface area contributed by atoms with Crippen molar-refractivity contribution < 1.29 is 24.1 Å². The Labute approximate surface area is 151 Å². The lowest BCUT2D eigenvalue weighted by Gasteiger charge is -2.20. The molecule has 0 radical (unpaired) electrons. The van der Waals surface area contributed by atoms with E-state index in [1.807, 2.05) is 12.1 Å². The van der Waals surface area contributed by atoms with Crippen molar-refractivity contribution >= 4 is 12.1 Å². The van der Waals surface area contributed by atoms with Crippen molar-refractivity contribution in [3.8, 4) is 23.0 Å². The average molecular weight is 356 g/mol. The summed E-state index contributed by atoms with van der Waals surface area (Å²) in [5, 5.41) is 15.2. The molecule has 1 amide bonds. The van der Waals surface area contributed by atoms with E-state index in [1.165, 1.54) is 5.01 Å². The van der Waals surface area contributed by atoms with Crippen LogP contribution in [-0.4, -0.2) is 43.6 Å². The molecule has 0 aromatic heterocycles. The van der Waals surface area contributed by atoms with Crippen molar-refractivity contribution in [3.63, 3.8) is 0 Å². The lowest BCUT2D eigenvalue weighted by molar-refractivity contribution is -0.119. The van der Waals surface area contributed by atoms with Crippen LogP contribution in [0.3, 0.4) is 0 Å². The van der Waals surface area contributed by atoms with Gasteiger partial charge < -0.3 is 19.3 Å². The maximum absolute atomic E-state index is 11.5. The highest BCUT2D eigenvalue weighted by Crippen LogP contribution is 2.42. The number of amides is 1. The van der Waals surface area contributed by atoms with Gasteiger partial charge in [0.2, 0.25) is 12.2 Å². The maximum Gasteiger partial charge on any atom is 0.230 e. The van der Waals surface area contributed by atoms with Crippen molar-refractivity contribution in [2.75, 3.05) is 21.3 Å². The van der Waals surface area contributed by atoms with Gasteiger partial charge in [-0.2, -0.15) is 5.10 Å². The monoisotopic (exact) mass is 356 g/mol. The van der Waals surface area contributed by atoms with Crippen LogP contribution in [0, 0.1) is 0 Å². The first-order valence-electron chi connectivity index (χ1n) is 8.01. The molecule has 26 heavy (non-hydrogen) atoms. The Kier molecular flexibility index (Phi) is 4.97. The van der Waals surface area contributed by atoms with Crippen LogP contribution in [0.2, 0.25) is 0 Å². The van der Waals surface area contributed by atoms with Crippen LogP contribution in [0.1, 0.15) is 23.6 Å². The smallest absolute Gasteiger partial charge is 0.230 e. The molecular formula is C19H20N2O5. The number of phenols is 1. The van der Waals surface area contributed by atoms with Crippen molar-refractivity contribution in [3.05, 3.63) is 47.5 Å².